The zero-order valence-electron chi connectivity index (χ0n) is 12.9. The number of carbonyl (C=O) groups excluding carboxylic acids is 2. The van der Waals surface area contributed by atoms with E-state index >= 15 is 0 Å². The van der Waals surface area contributed by atoms with Crippen LogP contribution in [-0.4, -0.2) is 49.6 Å². The number of amides is 2. The molecule has 6 heteroatoms. The van der Waals surface area contributed by atoms with E-state index < -0.39 is 0 Å². The fraction of sp³-hybridized carbons (Fsp3) is 0.500. The van der Waals surface area contributed by atoms with Gasteiger partial charge in [0.05, 0.1) is 12.1 Å². The van der Waals surface area contributed by atoms with Crippen LogP contribution in [0.4, 0.5) is 4.39 Å². The van der Waals surface area contributed by atoms with E-state index in [1.165, 1.54) is 24.3 Å². The lowest BCUT2D eigenvalue weighted by atomic mass is 10.2. The molecule has 0 aromatic heterocycles. The summed E-state index contributed by atoms with van der Waals surface area (Å²) in [4.78, 5) is 25.7. The summed E-state index contributed by atoms with van der Waals surface area (Å²) in [5.41, 5.74) is 0.215. The maximum atomic E-state index is 12.8. The van der Waals surface area contributed by atoms with Gasteiger partial charge in [-0.25, -0.2) is 4.39 Å². The summed E-state index contributed by atoms with van der Waals surface area (Å²) in [6.07, 6.45) is 2.13. The molecule has 1 N–H and O–H groups in total. The quantitative estimate of drug-likeness (QED) is 0.832. The number of likely N-dealkylation sites (N-methyl/N-ethyl adjacent to an activating group) is 1. The van der Waals surface area contributed by atoms with Gasteiger partial charge in [-0.3, -0.25) is 9.59 Å². The second-order valence-electron chi connectivity index (χ2n) is 5.62. The van der Waals surface area contributed by atoms with Crippen molar-refractivity contribution in [2.75, 3.05) is 27.3 Å². The number of methoxy groups -OCH3 is 1. The van der Waals surface area contributed by atoms with Gasteiger partial charge in [0.1, 0.15) is 5.82 Å². The van der Waals surface area contributed by atoms with E-state index in [4.69, 9.17) is 4.74 Å². The first kappa shape index (κ1) is 16.4. The van der Waals surface area contributed by atoms with E-state index in [-0.39, 0.29) is 36.1 Å². The van der Waals surface area contributed by atoms with Crippen LogP contribution in [0, 0.1) is 5.82 Å². The van der Waals surface area contributed by atoms with E-state index in [9.17, 15) is 14.0 Å². The van der Waals surface area contributed by atoms with Crippen molar-refractivity contribution in [3.63, 3.8) is 0 Å². The lowest BCUT2D eigenvalue weighted by Gasteiger charge is -2.27. The minimum atomic E-state index is -0.388. The van der Waals surface area contributed by atoms with Crippen LogP contribution >= 0.6 is 0 Å². The Hall–Kier alpha value is -1.95. The summed E-state index contributed by atoms with van der Waals surface area (Å²) in [6, 6.07) is 5.29. The average molecular weight is 308 g/mol. The lowest BCUT2D eigenvalue weighted by Crippen LogP contribution is -2.43. The Labute approximate surface area is 129 Å². The summed E-state index contributed by atoms with van der Waals surface area (Å²) in [5, 5.41) is 2.67. The molecule has 1 aromatic rings. The molecule has 0 heterocycles. The largest absolute Gasteiger partial charge is 0.382 e. The molecular formula is C16H21FN2O3. The summed E-state index contributed by atoms with van der Waals surface area (Å²) in [6.45, 7) is 0.791. The summed E-state index contributed by atoms with van der Waals surface area (Å²) >= 11 is 0. The minimum Gasteiger partial charge on any atom is -0.382 e. The van der Waals surface area contributed by atoms with Gasteiger partial charge in [0.15, 0.2) is 0 Å². The van der Waals surface area contributed by atoms with Crippen molar-refractivity contribution in [3.8, 4) is 0 Å². The third-order valence-electron chi connectivity index (χ3n) is 4.06. The number of benzene rings is 1. The van der Waals surface area contributed by atoms with Crippen LogP contribution in [0.1, 0.15) is 29.6 Å². The molecule has 1 aliphatic carbocycles. The van der Waals surface area contributed by atoms with Crippen LogP contribution in [0.2, 0.25) is 0 Å². The predicted octanol–water partition coefficient (Wildman–Crippen LogP) is 1.58. The molecule has 0 spiro atoms. The molecule has 0 saturated heterocycles. The van der Waals surface area contributed by atoms with Gasteiger partial charge in [-0.15, -0.1) is 0 Å². The summed E-state index contributed by atoms with van der Waals surface area (Å²) in [7, 11) is 3.40. The van der Waals surface area contributed by atoms with Crippen molar-refractivity contribution < 1.29 is 18.7 Å². The van der Waals surface area contributed by atoms with Crippen LogP contribution in [0.25, 0.3) is 0 Å². The predicted molar refractivity (Wildman–Crippen MR) is 80.0 cm³/mol. The highest BCUT2D eigenvalue weighted by Gasteiger charge is 2.48. The van der Waals surface area contributed by atoms with Crippen molar-refractivity contribution in [2.45, 2.75) is 24.8 Å². The van der Waals surface area contributed by atoms with Crippen LogP contribution < -0.4 is 5.32 Å². The monoisotopic (exact) mass is 308 g/mol. The number of nitrogens with zero attached hydrogens (tertiary/aromatic N) is 1. The number of halogens is 1. The second kappa shape index (κ2) is 6.87. The molecule has 5 nitrogen and oxygen atoms in total. The van der Waals surface area contributed by atoms with Crippen molar-refractivity contribution in [1.82, 2.24) is 10.2 Å². The molecule has 0 atom stereocenters. The Morgan fingerprint density at radius 3 is 2.50 bits per heavy atom. The van der Waals surface area contributed by atoms with Crippen molar-refractivity contribution in [3.05, 3.63) is 35.6 Å². The summed E-state index contributed by atoms with van der Waals surface area (Å²) in [5.74, 6) is -0.719. The topological polar surface area (TPSA) is 58.6 Å². The normalized spacial score (nSPS) is 15.2. The molecule has 22 heavy (non-hydrogen) atoms. The van der Waals surface area contributed by atoms with Gasteiger partial charge in [-0.05, 0) is 37.1 Å². The number of ether oxygens (including phenoxy) is 1. The Morgan fingerprint density at radius 1 is 1.32 bits per heavy atom. The molecule has 1 fully saturated rings. The van der Waals surface area contributed by atoms with Crippen LogP contribution in [0.5, 0.6) is 0 Å². The number of hydrogen-bond acceptors (Lipinski definition) is 3. The van der Waals surface area contributed by atoms with Gasteiger partial charge in [0.2, 0.25) is 5.91 Å². The lowest BCUT2D eigenvalue weighted by molar-refractivity contribution is -0.133. The van der Waals surface area contributed by atoms with Crippen molar-refractivity contribution >= 4 is 11.8 Å². The van der Waals surface area contributed by atoms with E-state index in [1.54, 1.807) is 19.1 Å². The van der Waals surface area contributed by atoms with E-state index in [2.05, 4.69) is 5.32 Å². The average Bonchev–Trinajstić information content (AvgIpc) is 3.28. The second-order valence-corrected chi connectivity index (χ2v) is 5.62. The highest BCUT2D eigenvalue weighted by Crippen LogP contribution is 2.41. The third kappa shape index (κ3) is 3.82. The molecule has 2 amide bonds. The highest BCUT2D eigenvalue weighted by atomic mass is 19.1. The highest BCUT2D eigenvalue weighted by molar-refractivity contribution is 5.94. The number of nitrogens with one attached hydrogen (secondary N) is 1. The SMILES string of the molecule is COCC1(N(C)C(=O)CCNC(=O)c2ccc(F)cc2)CC1. The van der Waals surface area contributed by atoms with Gasteiger partial charge in [0.25, 0.3) is 5.91 Å². The van der Waals surface area contributed by atoms with Crippen molar-refractivity contribution in [1.29, 1.82) is 0 Å². The Morgan fingerprint density at radius 2 is 1.95 bits per heavy atom. The zero-order valence-corrected chi connectivity index (χ0v) is 12.9. The van der Waals surface area contributed by atoms with Gasteiger partial charge in [-0.1, -0.05) is 0 Å². The Kier molecular flexibility index (Phi) is 5.13. The van der Waals surface area contributed by atoms with E-state index in [0.29, 0.717) is 12.2 Å². The van der Waals surface area contributed by atoms with Crippen molar-refractivity contribution in [2.24, 2.45) is 0 Å². The number of carbonyl (C=O) groups is 2. The molecule has 2 rings (SSSR count). The Balaban J connectivity index is 1.77. The smallest absolute Gasteiger partial charge is 0.251 e. The maximum absolute atomic E-state index is 12.8. The van der Waals surface area contributed by atoms with Crippen LogP contribution in [-0.2, 0) is 9.53 Å². The first-order chi connectivity index (χ1) is 10.5. The third-order valence-corrected chi connectivity index (χ3v) is 4.06. The molecule has 1 aliphatic rings. The summed E-state index contributed by atoms with van der Waals surface area (Å²) < 4.78 is 17.9. The van der Waals surface area contributed by atoms with Crippen LogP contribution in [0.3, 0.4) is 0 Å². The number of rotatable bonds is 7. The molecule has 120 valence electrons. The minimum absolute atomic E-state index is 0.0195. The molecule has 0 bridgehead atoms. The molecule has 1 aromatic carbocycles. The van der Waals surface area contributed by atoms with Crippen LogP contribution in [0.15, 0.2) is 24.3 Å². The van der Waals surface area contributed by atoms with Gasteiger partial charge in [0, 0.05) is 32.7 Å². The molecule has 0 radical (unpaired) electrons. The first-order valence-electron chi connectivity index (χ1n) is 7.28. The fourth-order valence-corrected chi connectivity index (χ4v) is 2.41. The number of hydrogen-bond donors (Lipinski definition) is 1. The molecule has 0 aliphatic heterocycles. The van der Waals surface area contributed by atoms with E-state index in [0.717, 1.165) is 12.8 Å². The van der Waals surface area contributed by atoms with E-state index in [1.807, 2.05) is 0 Å². The molecule has 1 saturated carbocycles. The maximum Gasteiger partial charge on any atom is 0.251 e. The first-order valence-corrected chi connectivity index (χ1v) is 7.28. The van der Waals surface area contributed by atoms with Gasteiger partial charge < -0.3 is 15.0 Å². The van der Waals surface area contributed by atoms with Gasteiger partial charge >= 0.3 is 0 Å². The fourth-order valence-electron chi connectivity index (χ4n) is 2.41. The molecular weight excluding hydrogens is 287 g/mol. The van der Waals surface area contributed by atoms with Gasteiger partial charge in [-0.2, -0.15) is 0 Å². The standard InChI is InChI=1S/C16H21FN2O3/c1-19(16(8-9-16)11-22-2)14(20)7-10-18-15(21)12-3-5-13(17)6-4-12/h3-6H,7-11H2,1-2H3,(H,18,21). The molecule has 0 unspecified atom stereocenters. The zero-order chi connectivity index (χ0) is 16.2. The Bertz CT molecular complexity index is 541.